The van der Waals surface area contributed by atoms with E-state index in [-0.39, 0.29) is 5.60 Å². The summed E-state index contributed by atoms with van der Waals surface area (Å²) < 4.78 is 5.49. The van der Waals surface area contributed by atoms with Gasteiger partial charge in [-0.25, -0.2) is 0 Å². The third-order valence-electron chi connectivity index (χ3n) is 2.54. The van der Waals surface area contributed by atoms with Gasteiger partial charge in [-0.15, -0.1) is 0 Å². The molecule has 3 nitrogen and oxygen atoms in total. The highest BCUT2D eigenvalue weighted by atomic mass is 16.5. The average Bonchev–Trinajstić information content (AvgIpc) is 2.34. The Hall–Kier alpha value is -0.120. The fourth-order valence-electron chi connectivity index (χ4n) is 1.78. The maximum absolute atomic E-state index is 5.52. The van der Waals surface area contributed by atoms with E-state index in [2.05, 4.69) is 11.9 Å². The van der Waals surface area contributed by atoms with Crippen LogP contribution in [0.5, 0.6) is 0 Å². The highest BCUT2D eigenvalue weighted by Gasteiger charge is 2.35. The second-order valence-electron chi connectivity index (χ2n) is 3.41. The summed E-state index contributed by atoms with van der Waals surface area (Å²) in [7, 11) is 3.91. The normalized spacial score (nSPS) is 33.0. The van der Waals surface area contributed by atoms with E-state index >= 15 is 0 Å². The van der Waals surface area contributed by atoms with Crippen molar-refractivity contribution in [2.75, 3.05) is 33.8 Å². The van der Waals surface area contributed by atoms with Crippen LogP contribution in [0.25, 0.3) is 0 Å². The molecule has 0 aliphatic carbocycles. The van der Waals surface area contributed by atoms with Gasteiger partial charge in [0.1, 0.15) is 0 Å². The molecule has 0 aromatic heterocycles. The second-order valence-corrected chi connectivity index (χ2v) is 3.41. The molecular weight excluding hydrogens is 140 g/mol. The molecule has 1 aliphatic heterocycles. The van der Waals surface area contributed by atoms with Gasteiger partial charge in [0, 0.05) is 20.2 Å². The molecule has 3 heteroatoms. The van der Waals surface area contributed by atoms with Crippen LogP contribution in [0.4, 0.5) is 0 Å². The van der Waals surface area contributed by atoms with Crippen LogP contribution in [0.1, 0.15) is 12.8 Å². The van der Waals surface area contributed by atoms with Gasteiger partial charge in [0.05, 0.1) is 5.60 Å². The van der Waals surface area contributed by atoms with Crippen molar-refractivity contribution >= 4 is 0 Å². The summed E-state index contributed by atoms with van der Waals surface area (Å²) in [5, 5.41) is 0. The van der Waals surface area contributed by atoms with Crippen LogP contribution in [-0.2, 0) is 4.74 Å². The number of nitrogens with two attached hydrogens (primary N) is 1. The van der Waals surface area contributed by atoms with Crippen molar-refractivity contribution in [1.29, 1.82) is 0 Å². The molecule has 0 aromatic carbocycles. The van der Waals surface area contributed by atoms with Gasteiger partial charge in [-0.3, -0.25) is 0 Å². The quantitative estimate of drug-likeness (QED) is 0.631. The molecule has 0 radical (unpaired) electrons. The highest BCUT2D eigenvalue weighted by molar-refractivity contribution is 4.90. The van der Waals surface area contributed by atoms with Crippen LogP contribution in [0.15, 0.2) is 0 Å². The number of likely N-dealkylation sites (N-methyl/N-ethyl adjacent to an activating group) is 1. The van der Waals surface area contributed by atoms with E-state index in [0.717, 1.165) is 32.5 Å². The van der Waals surface area contributed by atoms with Crippen LogP contribution >= 0.6 is 0 Å². The number of likely N-dealkylation sites (tertiary alicyclic amines) is 1. The summed E-state index contributed by atoms with van der Waals surface area (Å²) in [6, 6.07) is 0. The number of methoxy groups -OCH3 is 1. The van der Waals surface area contributed by atoms with Crippen molar-refractivity contribution in [3.05, 3.63) is 0 Å². The minimum absolute atomic E-state index is 0.0590. The smallest absolute Gasteiger partial charge is 0.0829 e. The van der Waals surface area contributed by atoms with Gasteiger partial charge in [-0.1, -0.05) is 0 Å². The summed E-state index contributed by atoms with van der Waals surface area (Å²) >= 11 is 0. The van der Waals surface area contributed by atoms with Crippen molar-refractivity contribution in [2.24, 2.45) is 5.73 Å². The molecule has 0 bridgehead atoms. The molecule has 2 N–H and O–H groups in total. The Balaban J connectivity index is 2.48. The van der Waals surface area contributed by atoms with Crippen molar-refractivity contribution in [3.63, 3.8) is 0 Å². The number of hydrogen-bond donors (Lipinski definition) is 1. The minimum atomic E-state index is 0.0590. The topological polar surface area (TPSA) is 38.5 Å². The number of ether oxygens (including phenoxy) is 1. The van der Waals surface area contributed by atoms with Crippen LogP contribution in [0, 0.1) is 0 Å². The van der Waals surface area contributed by atoms with Crippen molar-refractivity contribution in [3.8, 4) is 0 Å². The Bertz CT molecular complexity index is 125. The van der Waals surface area contributed by atoms with Gasteiger partial charge in [0.25, 0.3) is 0 Å². The monoisotopic (exact) mass is 158 g/mol. The van der Waals surface area contributed by atoms with E-state index in [0.29, 0.717) is 0 Å². The first-order valence-electron chi connectivity index (χ1n) is 4.16. The molecule has 1 unspecified atom stereocenters. The largest absolute Gasteiger partial charge is 0.377 e. The van der Waals surface area contributed by atoms with Gasteiger partial charge < -0.3 is 15.4 Å². The molecule has 1 atom stereocenters. The summed E-state index contributed by atoms with van der Waals surface area (Å²) in [6.07, 6.45) is 2.10. The molecule has 1 heterocycles. The second kappa shape index (κ2) is 3.52. The average molecular weight is 158 g/mol. The third-order valence-corrected chi connectivity index (χ3v) is 2.54. The molecule has 0 aromatic rings. The van der Waals surface area contributed by atoms with E-state index in [1.54, 1.807) is 7.11 Å². The van der Waals surface area contributed by atoms with Gasteiger partial charge in [-0.05, 0) is 26.4 Å². The summed E-state index contributed by atoms with van der Waals surface area (Å²) in [4.78, 5) is 2.29. The van der Waals surface area contributed by atoms with Crippen molar-refractivity contribution in [2.45, 2.75) is 18.4 Å². The van der Waals surface area contributed by atoms with Crippen molar-refractivity contribution < 1.29 is 4.74 Å². The van der Waals surface area contributed by atoms with Gasteiger partial charge >= 0.3 is 0 Å². The predicted molar refractivity (Wildman–Crippen MR) is 45.5 cm³/mol. The fourth-order valence-corrected chi connectivity index (χ4v) is 1.78. The van der Waals surface area contributed by atoms with E-state index in [1.165, 1.54) is 0 Å². The molecule has 11 heavy (non-hydrogen) atoms. The number of hydrogen-bond acceptors (Lipinski definition) is 3. The Morgan fingerprint density at radius 3 is 2.73 bits per heavy atom. The Morgan fingerprint density at radius 2 is 2.36 bits per heavy atom. The van der Waals surface area contributed by atoms with Gasteiger partial charge in [0.2, 0.25) is 0 Å². The van der Waals surface area contributed by atoms with E-state index in [9.17, 15) is 0 Å². The van der Waals surface area contributed by atoms with Crippen LogP contribution in [0.2, 0.25) is 0 Å². The van der Waals surface area contributed by atoms with E-state index < -0.39 is 0 Å². The zero-order chi connectivity index (χ0) is 8.32. The van der Waals surface area contributed by atoms with E-state index in [4.69, 9.17) is 10.5 Å². The Kier molecular flexibility index (Phi) is 2.87. The fraction of sp³-hybridized carbons (Fsp3) is 1.00. The summed E-state index contributed by atoms with van der Waals surface area (Å²) in [5.74, 6) is 0. The maximum atomic E-state index is 5.52. The predicted octanol–water partition coefficient (Wildman–Crippen LogP) is 0.0559. The molecule has 1 aliphatic rings. The van der Waals surface area contributed by atoms with E-state index in [1.807, 2.05) is 0 Å². The van der Waals surface area contributed by atoms with Gasteiger partial charge in [-0.2, -0.15) is 0 Å². The first kappa shape index (κ1) is 8.97. The molecule has 0 spiro atoms. The molecule has 0 amide bonds. The third kappa shape index (κ3) is 1.92. The lowest BCUT2D eigenvalue weighted by molar-refractivity contribution is -0.00465. The standard InChI is InChI=1S/C8H18N2O/c1-10-6-4-8(7-10,11-2)3-5-9/h3-7,9H2,1-2H3. The zero-order valence-corrected chi connectivity index (χ0v) is 7.47. The SMILES string of the molecule is COC1(CCN)CCN(C)C1. The number of nitrogens with zero attached hydrogens (tertiary/aromatic N) is 1. The zero-order valence-electron chi connectivity index (χ0n) is 7.47. The summed E-state index contributed by atoms with van der Waals surface area (Å²) in [5.41, 5.74) is 5.58. The Morgan fingerprint density at radius 1 is 1.64 bits per heavy atom. The molecule has 1 fully saturated rings. The summed E-state index contributed by atoms with van der Waals surface area (Å²) in [6.45, 7) is 2.89. The number of rotatable bonds is 3. The minimum Gasteiger partial charge on any atom is -0.377 e. The lowest BCUT2D eigenvalue weighted by atomic mass is 9.99. The Labute approximate surface area is 68.5 Å². The first-order chi connectivity index (χ1) is 5.22. The molecule has 1 rings (SSSR count). The lowest BCUT2D eigenvalue weighted by Crippen LogP contribution is -2.36. The molecule has 66 valence electrons. The lowest BCUT2D eigenvalue weighted by Gasteiger charge is -2.26. The molecule has 0 saturated carbocycles. The first-order valence-corrected chi connectivity index (χ1v) is 4.16. The molecular formula is C8H18N2O. The van der Waals surface area contributed by atoms with Crippen LogP contribution in [0.3, 0.4) is 0 Å². The highest BCUT2D eigenvalue weighted by Crippen LogP contribution is 2.26. The van der Waals surface area contributed by atoms with Crippen LogP contribution in [-0.4, -0.2) is 44.3 Å². The maximum Gasteiger partial charge on any atom is 0.0829 e. The van der Waals surface area contributed by atoms with Crippen LogP contribution < -0.4 is 5.73 Å². The van der Waals surface area contributed by atoms with Crippen molar-refractivity contribution in [1.82, 2.24) is 4.90 Å². The van der Waals surface area contributed by atoms with Gasteiger partial charge in [0.15, 0.2) is 0 Å². The molecule has 1 saturated heterocycles.